The van der Waals surface area contributed by atoms with Crippen LogP contribution >= 0.6 is 0 Å². The number of nitrogens with zero attached hydrogens (tertiary/aromatic N) is 1. The smallest absolute Gasteiger partial charge is 0.322 e. The fourth-order valence-electron chi connectivity index (χ4n) is 2.89. The van der Waals surface area contributed by atoms with E-state index in [1.165, 1.54) is 0 Å². The molecule has 2 N–H and O–H groups in total. The molecule has 1 aromatic heterocycles. The number of ether oxygens (including phenoxy) is 1. The highest BCUT2D eigenvalue weighted by molar-refractivity contribution is 5.89. The molecule has 0 saturated carbocycles. The summed E-state index contributed by atoms with van der Waals surface area (Å²) in [6, 6.07) is 11.0. The molecular weight excluding hydrogens is 308 g/mol. The van der Waals surface area contributed by atoms with E-state index in [1.54, 1.807) is 11.2 Å². The molecule has 0 bridgehead atoms. The van der Waals surface area contributed by atoms with E-state index in [-0.39, 0.29) is 18.7 Å². The van der Waals surface area contributed by atoms with Crippen LogP contribution in [0.1, 0.15) is 24.2 Å². The van der Waals surface area contributed by atoms with Gasteiger partial charge in [0.15, 0.2) is 0 Å². The van der Waals surface area contributed by atoms with Crippen LogP contribution in [0.3, 0.4) is 0 Å². The highest BCUT2D eigenvalue weighted by Crippen LogP contribution is 2.19. The number of anilines is 1. The molecule has 3 rings (SSSR count). The number of aliphatic hydroxyl groups is 1. The fraction of sp³-hybridized carbons (Fsp3) is 0.389. The van der Waals surface area contributed by atoms with Gasteiger partial charge in [0.1, 0.15) is 12.4 Å². The zero-order valence-electron chi connectivity index (χ0n) is 13.5. The Kier molecular flexibility index (Phi) is 5.51. The number of nitrogens with one attached hydrogen (secondary N) is 1. The number of furan rings is 1. The molecule has 128 valence electrons. The molecule has 0 radical (unpaired) electrons. The SMILES string of the molecule is O=C(Nc1cccc(COCc2ccco2)c1)N1CCC[C@H]1CO. The second kappa shape index (κ2) is 7.99. The summed E-state index contributed by atoms with van der Waals surface area (Å²) in [5.74, 6) is 0.781. The van der Waals surface area contributed by atoms with Crippen molar-refractivity contribution in [3.63, 3.8) is 0 Å². The Labute approximate surface area is 141 Å². The third-order valence-corrected chi connectivity index (χ3v) is 4.12. The van der Waals surface area contributed by atoms with Crippen LogP contribution in [-0.2, 0) is 18.0 Å². The maximum absolute atomic E-state index is 12.3. The summed E-state index contributed by atoms with van der Waals surface area (Å²) < 4.78 is 10.8. The van der Waals surface area contributed by atoms with E-state index in [2.05, 4.69) is 5.32 Å². The number of hydrogen-bond acceptors (Lipinski definition) is 4. The number of benzene rings is 1. The van der Waals surface area contributed by atoms with Gasteiger partial charge in [-0.15, -0.1) is 0 Å². The Morgan fingerprint density at radius 1 is 1.33 bits per heavy atom. The van der Waals surface area contributed by atoms with Crippen LogP contribution in [0.4, 0.5) is 10.5 Å². The number of likely N-dealkylation sites (tertiary alicyclic amines) is 1. The molecule has 1 fully saturated rings. The van der Waals surface area contributed by atoms with Crippen LogP contribution in [-0.4, -0.2) is 35.2 Å². The Bertz CT molecular complexity index is 657. The summed E-state index contributed by atoms with van der Waals surface area (Å²) in [6.07, 6.45) is 3.40. The van der Waals surface area contributed by atoms with Crippen molar-refractivity contribution in [3.05, 3.63) is 54.0 Å². The van der Waals surface area contributed by atoms with Crippen molar-refractivity contribution in [1.29, 1.82) is 0 Å². The first-order valence-electron chi connectivity index (χ1n) is 8.14. The van der Waals surface area contributed by atoms with E-state index in [0.717, 1.165) is 29.9 Å². The van der Waals surface area contributed by atoms with Crippen molar-refractivity contribution in [2.45, 2.75) is 32.1 Å². The van der Waals surface area contributed by atoms with Crippen LogP contribution in [0.15, 0.2) is 47.1 Å². The van der Waals surface area contributed by atoms with Gasteiger partial charge in [0.25, 0.3) is 0 Å². The quantitative estimate of drug-likeness (QED) is 0.854. The van der Waals surface area contributed by atoms with Gasteiger partial charge in [-0.25, -0.2) is 4.79 Å². The lowest BCUT2D eigenvalue weighted by atomic mass is 10.2. The van der Waals surface area contributed by atoms with Gasteiger partial charge in [0.2, 0.25) is 0 Å². The Morgan fingerprint density at radius 3 is 3.04 bits per heavy atom. The zero-order valence-corrected chi connectivity index (χ0v) is 13.5. The summed E-state index contributed by atoms with van der Waals surface area (Å²) in [4.78, 5) is 14.0. The van der Waals surface area contributed by atoms with Crippen molar-refractivity contribution >= 4 is 11.7 Å². The van der Waals surface area contributed by atoms with Crippen molar-refractivity contribution in [2.75, 3.05) is 18.5 Å². The lowest BCUT2D eigenvalue weighted by molar-refractivity contribution is 0.0930. The van der Waals surface area contributed by atoms with E-state index in [4.69, 9.17) is 9.15 Å². The summed E-state index contributed by atoms with van der Waals surface area (Å²) in [5, 5.41) is 12.2. The van der Waals surface area contributed by atoms with Crippen LogP contribution in [0.2, 0.25) is 0 Å². The average molecular weight is 330 g/mol. The van der Waals surface area contributed by atoms with Crippen molar-refractivity contribution in [2.24, 2.45) is 0 Å². The maximum atomic E-state index is 12.3. The van der Waals surface area contributed by atoms with Crippen LogP contribution < -0.4 is 5.32 Å². The Morgan fingerprint density at radius 2 is 2.25 bits per heavy atom. The lowest BCUT2D eigenvalue weighted by Gasteiger charge is -2.23. The normalized spacial score (nSPS) is 17.2. The summed E-state index contributed by atoms with van der Waals surface area (Å²) in [7, 11) is 0. The van der Waals surface area contributed by atoms with Gasteiger partial charge >= 0.3 is 6.03 Å². The van der Waals surface area contributed by atoms with Crippen LogP contribution in [0.25, 0.3) is 0 Å². The van der Waals surface area contributed by atoms with Gasteiger partial charge in [-0.05, 0) is 42.7 Å². The van der Waals surface area contributed by atoms with Gasteiger partial charge < -0.3 is 24.5 Å². The summed E-state index contributed by atoms with van der Waals surface area (Å²) >= 11 is 0. The standard InChI is InChI=1S/C18H22N2O4/c21-11-16-6-2-8-20(16)18(22)19-15-5-1-4-14(10-15)12-23-13-17-7-3-9-24-17/h1,3-5,7,9-10,16,21H,2,6,8,11-13H2,(H,19,22)/t16-/m0/s1. The minimum Gasteiger partial charge on any atom is -0.467 e. The van der Waals surface area contributed by atoms with E-state index in [0.29, 0.717) is 19.8 Å². The highest BCUT2D eigenvalue weighted by Gasteiger charge is 2.27. The highest BCUT2D eigenvalue weighted by atomic mass is 16.5. The third-order valence-electron chi connectivity index (χ3n) is 4.12. The first-order valence-corrected chi connectivity index (χ1v) is 8.14. The van der Waals surface area contributed by atoms with E-state index in [9.17, 15) is 9.90 Å². The molecule has 2 amide bonds. The number of urea groups is 1. The zero-order chi connectivity index (χ0) is 16.8. The molecule has 24 heavy (non-hydrogen) atoms. The van der Waals surface area contributed by atoms with Gasteiger partial charge in [-0.2, -0.15) is 0 Å². The topological polar surface area (TPSA) is 74.9 Å². The number of carbonyl (C=O) groups excluding carboxylic acids is 1. The molecule has 0 spiro atoms. The first-order chi connectivity index (χ1) is 11.8. The van der Waals surface area contributed by atoms with Crippen LogP contribution in [0, 0.1) is 0 Å². The largest absolute Gasteiger partial charge is 0.467 e. The number of carbonyl (C=O) groups is 1. The predicted molar refractivity (Wildman–Crippen MR) is 89.5 cm³/mol. The minimum atomic E-state index is -0.166. The molecule has 1 saturated heterocycles. The number of amides is 2. The second-order valence-electron chi connectivity index (χ2n) is 5.87. The molecule has 6 heteroatoms. The van der Waals surface area contributed by atoms with E-state index < -0.39 is 0 Å². The van der Waals surface area contributed by atoms with E-state index >= 15 is 0 Å². The average Bonchev–Trinajstić information content (AvgIpc) is 3.26. The molecule has 2 heterocycles. The predicted octanol–water partition coefficient (Wildman–Crippen LogP) is 2.99. The molecule has 1 aliphatic heterocycles. The van der Waals surface area contributed by atoms with Crippen molar-refractivity contribution in [1.82, 2.24) is 4.90 Å². The molecule has 1 aliphatic rings. The molecule has 1 atom stereocenters. The third kappa shape index (κ3) is 4.15. The summed E-state index contributed by atoms with van der Waals surface area (Å²) in [6.45, 7) is 1.54. The Hall–Kier alpha value is -2.31. The molecule has 0 unspecified atom stereocenters. The van der Waals surface area contributed by atoms with Gasteiger partial charge in [0.05, 0.1) is 25.5 Å². The molecular formula is C18H22N2O4. The molecule has 2 aromatic rings. The van der Waals surface area contributed by atoms with Gasteiger partial charge in [-0.3, -0.25) is 0 Å². The maximum Gasteiger partial charge on any atom is 0.322 e. The minimum absolute atomic E-state index is 0.00801. The number of rotatable bonds is 6. The Balaban J connectivity index is 1.53. The van der Waals surface area contributed by atoms with Gasteiger partial charge in [-0.1, -0.05) is 12.1 Å². The summed E-state index contributed by atoms with van der Waals surface area (Å²) in [5.41, 5.74) is 1.70. The monoisotopic (exact) mass is 330 g/mol. The van der Waals surface area contributed by atoms with Crippen molar-refractivity contribution < 1.29 is 19.1 Å². The molecule has 6 nitrogen and oxygen atoms in total. The van der Waals surface area contributed by atoms with Crippen LogP contribution in [0.5, 0.6) is 0 Å². The second-order valence-corrected chi connectivity index (χ2v) is 5.87. The van der Waals surface area contributed by atoms with Gasteiger partial charge in [0, 0.05) is 12.2 Å². The number of hydrogen-bond donors (Lipinski definition) is 2. The van der Waals surface area contributed by atoms with E-state index in [1.807, 2.05) is 36.4 Å². The van der Waals surface area contributed by atoms with Crippen molar-refractivity contribution in [3.8, 4) is 0 Å². The molecule has 1 aromatic carbocycles. The number of aliphatic hydroxyl groups excluding tert-OH is 1. The first kappa shape index (κ1) is 16.5. The lowest BCUT2D eigenvalue weighted by Crippen LogP contribution is -2.40. The fourth-order valence-corrected chi connectivity index (χ4v) is 2.89. The molecule has 0 aliphatic carbocycles.